The molecule has 1 atom stereocenters. The van der Waals surface area contributed by atoms with Crippen molar-refractivity contribution in [2.45, 2.75) is 39.2 Å². The summed E-state index contributed by atoms with van der Waals surface area (Å²) in [6, 6.07) is 9.38. The molecule has 0 spiro atoms. The third-order valence-corrected chi connectivity index (χ3v) is 3.52. The zero-order chi connectivity index (χ0) is 16.8. The van der Waals surface area contributed by atoms with Crippen molar-refractivity contribution in [3.05, 3.63) is 41.7 Å². The monoisotopic (exact) mass is 316 g/mol. The van der Waals surface area contributed by atoms with Crippen molar-refractivity contribution in [3.63, 3.8) is 0 Å². The molecule has 0 radical (unpaired) electrons. The summed E-state index contributed by atoms with van der Waals surface area (Å²) in [5.74, 6) is -1.06. The van der Waals surface area contributed by atoms with Gasteiger partial charge in [0.2, 0.25) is 5.91 Å². The molecule has 1 aromatic carbocycles. The smallest absolute Gasteiger partial charge is 0.303 e. The van der Waals surface area contributed by atoms with Crippen LogP contribution < -0.4 is 5.32 Å². The van der Waals surface area contributed by atoms with Crippen LogP contribution in [0.1, 0.15) is 31.2 Å². The van der Waals surface area contributed by atoms with Crippen LogP contribution in [0.4, 0.5) is 0 Å². The first-order valence-electron chi connectivity index (χ1n) is 7.45. The first-order valence-corrected chi connectivity index (χ1v) is 7.45. The zero-order valence-electron chi connectivity index (χ0n) is 13.2. The summed E-state index contributed by atoms with van der Waals surface area (Å²) in [5.41, 5.74) is 2.31. The first kappa shape index (κ1) is 16.7. The predicted octanol–water partition coefficient (Wildman–Crippen LogP) is 1.49. The molecule has 0 saturated carbocycles. The first-order chi connectivity index (χ1) is 11.0. The van der Waals surface area contributed by atoms with Crippen LogP contribution in [0, 0.1) is 6.92 Å². The lowest BCUT2D eigenvalue weighted by Crippen LogP contribution is -2.34. The lowest BCUT2D eigenvalue weighted by molar-refractivity contribution is -0.137. The van der Waals surface area contributed by atoms with Crippen molar-refractivity contribution in [2.24, 2.45) is 0 Å². The highest BCUT2D eigenvalue weighted by atomic mass is 16.4. The number of para-hydroxylation sites is 1. The molecule has 0 saturated heterocycles. The Kier molecular flexibility index (Phi) is 5.46. The van der Waals surface area contributed by atoms with Crippen molar-refractivity contribution in [2.75, 3.05) is 0 Å². The number of nitrogens with one attached hydrogen (secondary N) is 1. The Hall–Kier alpha value is -2.70. The van der Waals surface area contributed by atoms with Crippen molar-refractivity contribution in [3.8, 4) is 5.69 Å². The number of rotatable bonds is 7. The fourth-order valence-corrected chi connectivity index (χ4v) is 2.23. The van der Waals surface area contributed by atoms with Gasteiger partial charge in [0.1, 0.15) is 0 Å². The summed E-state index contributed by atoms with van der Waals surface area (Å²) in [7, 11) is 0. The van der Waals surface area contributed by atoms with Crippen LogP contribution in [-0.2, 0) is 16.0 Å². The van der Waals surface area contributed by atoms with Crippen LogP contribution in [0.5, 0.6) is 0 Å². The number of carbonyl (C=O) groups excluding carboxylic acids is 1. The van der Waals surface area contributed by atoms with Crippen LogP contribution >= 0.6 is 0 Å². The van der Waals surface area contributed by atoms with Crippen molar-refractivity contribution in [1.82, 2.24) is 20.3 Å². The van der Waals surface area contributed by atoms with Gasteiger partial charge >= 0.3 is 5.97 Å². The second-order valence-corrected chi connectivity index (χ2v) is 5.45. The molecule has 1 amide bonds. The molecule has 0 bridgehead atoms. The number of carboxylic acids is 1. The Bertz CT molecular complexity index is 682. The lowest BCUT2D eigenvalue weighted by atomic mass is 10.1. The molecule has 2 aromatic rings. The minimum atomic E-state index is -0.868. The van der Waals surface area contributed by atoms with E-state index in [1.54, 1.807) is 11.6 Å². The second-order valence-electron chi connectivity index (χ2n) is 5.45. The zero-order valence-corrected chi connectivity index (χ0v) is 13.2. The summed E-state index contributed by atoms with van der Waals surface area (Å²) in [4.78, 5) is 22.6. The average molecular weight is 316 g/mol. The Morgan fingerprint density at radius 1 is 1.30 bits per heavy atom. The standard InChI is InChI=1S/C16H20N4O3/c1-11(8-9-16(22)23)17-15(21)10-14-12(2)20(19-18-14)13-6-4-3-5-7-13/h3-7,11H,8-10H2,1-2H3,(H,17,21)(H,22,23). The fraction of sp³-hybridized carbons (Fsp3) is 0.375. The molecular weight excluding hydrogens is 296 g/mol. The van der Waals surface area contributed by atoms with Gasteiger partial charge in [0.25, 0.3) is 0 Å². The summed E-state index contributed by atoms with van der Waals surface area (Å²) < 4.78 is 1.69. The van der Waals surface area contributed by atoms with Gasteiger partial charge in [0, 0.05) is 12.5 Å². The molecule has 0 aliphatic heterocycles. The minimum absolute atomic E-state index is 0.0324. The van der Waals surface area contributed by atoms with Gasteiger partial charge < -0.3 is 10.4 Å². The quantitative estimate of drug-likeness (QED) is 0.806. The van der Waals surface area contributed by atoms with Crippen LogP contribution in [0.2, 0.25) is 0 Å². The fourth-order valence-electron chi connectivity index (χ4n) is 2.23. The van der Waals surface area contributed by atoms with Crippen LogP contribution in [0.15, 0.2) is 30.3 Å². The van der Waals surface area contributed by atoms with Gasteiger partial charge in [-0.3, -0.25) is 9.59 Å². The highest BCUT2D eigenvalue weighted by Gasteiger charge is 2.15. The van der Waals surface area contributed by atoms with E-state index in [0.717, 1.165) is 11.4 Å². The van der Waals surface area contributed by atoms with Crippen LogP contribution in [0.3, 0.4) is 0 Å². The van der Waals surface area contributed by atoms with E-state index in [2.05, 4.69) is 15.6 Å². The van der Waals surface area contributed by atoms with Gasteiger partial charge in [-0.05, 0) is 32.4 Å². The van der Waals surface area contributed by atoms with Crippen molar-refractivity contribution < 1.29 is 14.7 Å². The van der Waals surface area contributed by atoms with Gasteiger partial charge in [-0.1, -0.05) is 23.4 Å². The van der Waals surface area contributed by atoms with Gasteiger partial charge in [0.15, 0.2) is 0 Å². The number of amides is 1. The largest absolute Gasteiger partial charge is 0.481 e. The van der Waals surface area contributed by atoms with Gasteiger partial charge in [-0.25, -0.2) is 4.68 Å². The number of carboxylic acid groups (broad SMARTS) is 1. The summed E-state index contributed by atoms with van der Waals surface area (Å²) in [6.45, 7) is 3.65. The number of carbonyl (C=O) groups is 2. The third-order valence-electron chi connectivity index (χ3n) is 3.52. The van der Waals surface area contributed by atoms with Crippen LogP contribution in [-0.4, -0.2) is 38.0 Å². The molecule has 7 heteroatoms. The van der Waals surface area contributed by atoms with E-state index in [0.29, 0.717) is 12.1 Å². The van der Waals surface area contributed by atoms with Gasteiger partial charge in [-0.15, -0.1) is 5.10 Å². The molecule has 0 aliphatic rings. The molecular formula is C16H20N4O3. The molecule has 1 unspecified atom stereocenters. The second kappa shape index (κ2) is 7.53. The van der Waals surface area contributed by atoms with Gasteiger partial charge in [0.05, 0.1) is 23.5 Å². The molecule has 2 rings (SSSR count). The number of aliphatic carboxylic acids is 1. The van der Waals surface area contributed by atoms with E-state index in [9.17, 15) is 9.59 Å². The molecule has 1 aromatic heterocycles. The highest BCUT2D eigenvalue weighted by molar-refractivity contribution is 5.78. The molecule has 0 aliphatic carbocycles. The maximum Gasteiger partial charge on any atom is 0.303 e. The third kappa shape index (κ3) is 4.64. The van der Waals surface area contributed by atoms with E-state index in [4.69, 9.17) is 5.11 Å². The van der Waals surface area contributed by atoms with Crippen molar-refractivity contribution >= 4 is 11.9 Å². The number of benzene rings is 1. The topological polar surface area (TPSA) is 97.1 Å². The Balaban J connectivity index is 1.97. The molecule has 0 fully saturated rings. The predicted molar refractivity (Wildman–Crippen MR) is 84.3 cm³/mol. The van der Waals surface area contributed by atoms with E-state index in [1.807, 2.05) is 37.3 Å². The number of hydrogen-bond acceptors (Lipinski definition) is 4. The minimum Gasteiger partial charge on any atom is -0.481 e. The molecule has 23 heavy (non-hydrogen) atoms. The highest BCUT2D eigenvalue weighted by Crippen LogP contribution is 2.12. The summed E-state index contributed by atoms with van der Waals surface area (Å²) in [5, 5.41) is 19.6. The maximum absolute atomic E-state index is 12.0. The Morgan fingerprint density at radius 2 is 2.00 bits per heavy atom. The molecule has 122 valence electrons. The van der Waals surface area contributed by atoms with E-state index in [1.165, 1.54) is 0 Å². The lowest BCUT2D eigenvalue weighted by Gasteiger charge is -2.12. The molecule has 1 heterocycles. The Labute approximate surface area is 134 Å². The van der Waals surface area contributed by atoms with Crippen molar-refractivity contribution in [1.29, 1.82) is 0 Å². The average Bonchev–Trinajstić information content (AvgIpc) is 2.87. The van der Waals surface area contributed by atoms with Gasteiger partial charge in [-0.2, -0.15) is 0 Å². The Morgan fingerprint density at radius 3 is 2.65 bits per heavy atom. The van der Waals surface area contributed by atoms with E-state index in [-0.39, 0.29) is 24.8 Å². The van der Waals surface area contributed by atoms with E-state index < -0.39 is 5.97 Å². The van der Waals surface area contributed by atoms with E-state index >= 15 is 0 Å². The van der Waals surface area contributed by atoms with Crippen LogP contribution in [0.25, 0.3) is 5.69 Å². The summed E-state index contributed by atoms with van der Waals surface area (Å²) >= 11 is 0. The number of hydrogen-bond donors (Lipinski definition) is 2. The SMILES string of the molecule is Cc1c(CC(=O)NC(C)CCC(=O)O)nnn1-c1ccccc1. The summed E-state index contributed by atoms with van der Waals surface area (Å²) in [6.07, 6.45) is 0.553. The maximum atomic E-state index is 12.0. The molecule has 2 N–H and O–H groups in total. The number of nitrogens with zero attached hydrogens (tertiary/aromatic N) is 3. The molecule has 7 nitrogen and oxygen atoms in total. The number of aromatic nitrogens is 3. The normalized spacial score (nSPS) is 11.9.